The molecule has 0 heterocycles. The summed E-state index contributed by atoms with van der Waals surface area (Å²) in [6.07, 6.45) is 0. The Morgan fingerprint density at radius 2 is 1.79 bits per heavy atom. The summed E-state index contributed by atoms with van der Waals surface area (Å²) in [5.41, 5.74) is 2.85. The van der Waals surface area contributed by atoms with Gasteiger partial charge in [0.05, 0.1) is 5.56 Å². The highest BCUT2D eigenvalue weighted by Gasteiger charge is 2.17. The van der Waals surface area contributed by atoms with Gasteiger partial charge in [-0.3, -0.25) is 4.79 Å². The molecule has 2 nitrogen and oxygen atoms in total. The van der Waals surface area contributed by atoms with Crippen molar-refractivity contribution in [1.29, 1.82) is 0 Å². The van der Waals surface area contributed by atoms with E-state index in [0.29, 0.717) is 6.54 Å². The molecule has 1 amide bonds. The SMILES string of the molecule is Cc1cccc(Br)c1C(=O)N(C)Cc1ccccc1. The van der Waals surface area contributed by atoms with Crippen molar-refractivity contribution in [3.8, 4) is 0 Å². The molecule has 0 saturated carbocycles. The second-order valence-electron chi connectivity index (χ2n) is 4.58. The standard InChI is InChI=1S/C16H16BrNO/c1-12-7-6-10-14(17)15(12)16(19)18(2)11-13-8-4-3-5-9-13/h3-10H,11H2,1-2H3. The van der Waals surface area contributed by atoms with Crippen molar-refractivity contribution in [2.75, 3.05) is 7.05 Å². The number of halogens is 1. The lowest BCUT2D eigenvalue weighted by atomic mass is 10.1. The van der Waals surface area contributed by atoms with Gasteiger partial charge in [0.2, 0.25) is 0 Å². The van der Waals surface area contributed by atoms with Crippen molar-refractivity contribution < 1.29 is 4.79 Å². The smallest absolute Gasteiger partial charge is 0.255 e. The van der Waals surface area contributed by atoms with Gasteiger partial charge in [-0.25, -0.2) is 0 Å². The number of hydrogen-bond donors (Lipinski definition) is 0. The minimum atomic E-state index is 0.0360. The largest absolute Gasteiger partial charge is 0.337 e. The van der Waals surface area contributed by atoms with Gasteiger partial charge < -0.3 is 4.90 Å². The molecule has 0 bridgehead atoms. The van der Waals surface area contributed by atoms with Gasteiger partial charge in [-0.05, 0) is 40.0 Å². The van der Waals surface area contributed by atoms with Crippen LogP contribution in [0.4, 0.5) is 0 Å². The third-order valence-electron chi connectivity index (χ3n) is 3.05. The van der Waals surface area contributed by atoms with Gasteiger partial charge in [0.1, 0.15) is 0 Å². The second kappa shape index (κ2) is 6.02. The Balaban J connectivity index is 2.20. The van der Waals surface area contributed by atoms with E-state index >= 15 is 0 Å². The molecule has 0 saturated heterocycles. The van der Waals surface area contributed by atoms with E-state index in [1.54, 1.807) is 4.90 Å². The molecule has 2 aromatic carbocycles. The van der Waals surface area contributed by atoms with E-state index < -0.39 is 0 Å². The zero-order chi connectivity index (χ0) is 13.8. The van der Waals surface area contributed by atoms with Crippen LogP contribution in [0, 0.1) is 6.92 Å². The zero-order valence-corrected chi connectivity index (χ0v) is 12.6. The van der Waals surface area contributed by atoms with E-state index in [-0.39, 0.29) is 5.91 Å². The van der Waals surface area contributed by atoms with Crippen molar-refractivity contribution in [3.05, 3.63) is 69.7 Å². The average Bonchev–Trinajstić information content (AvgIpc) is 2.39. The molecule has 0 unspecified atom stereocenters. The number of benzene rings is 2. The minimum absolute atomic E-state index is 0.0360. The third-order valence-corrected chi connectivity index (χ3v) is 3.71. The summed E-state index contributed by atoms with van der Waals surface area (Å²) < 4.78 is 0.845. The van der Waals surface area contributed by atoms with E-state index in [1.165, 1.54) is 0 Å². The van der Waals surface area contributed by atoms with Crippen LogP contribution in [0.2, 0.25) is 0 Å². The molecule has 2 aromatic rings. The fourth-order valence-electron chi connectivity index (χ4n) is 2.02. The highest BCUT2D eigenvalue weighted by Crippen LogP contribution is 2.22. The van der Waals surface area contributed by atoms with E-state index in [1.807, 2.05) is 62.5 Å². The second-order valence-corrected chi connectivity index (χ2v) is 5.43. The molecule has 2 rings (SSSR count). The maximum Gasteiger partial charge on any atom is 0.255 e. The van der Waals surface area contributed by atoms with Crippen LogP contribution in [0.1, 0.15) is 21.5 Å². The summed E-state index contributed by atoms with van der Waals surface area (Å²) in [4.78, 5) is 14.2. The van der Waals surface area contributed by atoms with Crippen LogP contribution in [0.3, 0.4) is 0 Å². The van der Waals surface area contributed by atoms with Gasteiger partial charge in [-0.1, -0.05) is 42.5 Å². The Bertz CT molecular complexity index is 560. The average molecular weight is 318 g/mol. The molecule has 3 heteroatoms. The van der Waals surface area contributed by atoms with E-state index in [0.717, 1.165) is 21.2 Å². The fraction of sp³-hybridized carbons (Fsp3) is 0.188. The molecule has 0 aliphatic rings. The maximum atomic E-state index is 12.5. The lowest BCUT2D eigenvalue weighted by Crippen LogP contribution is -2.27. The van der Waals surface area contributed by atoms with Gasteiger partial charge in [0.25, 0.3) is 5.91 Å². The summed E-state index contributed by atoms with van der Waals surface area (Å²) in [5, 5.41) is 0. The topological polar surface area (TPSA) is 20.3 Å². The van der Waals surface area contributed by atoms with Crippen LogP contribution < -0.4 is 0 Å². The summed E-state index contributed by atoms with van der Waals surface area (Å²) in [6, 6.07) is 15.8. The van der Waals surface area contributed by atoms with Gasteiger partial charge in [0.15, 0.2) is 0 Å². The first-order valence-corrected chi connectivity index (χ1v) is 6.93. The number of hydrogen-bond acceptors (Lipinski definition) is 1. The Morgan fingerprint density at radius 3 is 2.42 bits per heavy atom. The summed E-state index contributed by atoms with van der Waals surface area (Å²) in [6.45, 7) is 2.56. The van der Waals surface area contributed by atoms with Gasteiger partial charge in [-0.2, -0.15) is 0 Å². The fourth-order valence-corrected chi connectivity index (χ4v) is 2.66. The molecule has 0 atom stereocenters. The lowest BCUT2D eigenvalue weighted by molar-refractivity contribution is 0.0783. The van der Waals surface area contributed by atoms with Crippen LogP contribution in [0.25, 0.3) is 0 Å². The van der Waals surface area contributed by atoms with Crippen molar-refractivity contribution in [2.45, 2.75) is 13.5 Å². The molecule has 98 valence electrons. The summed E-state index contributed by atoms with van der Waals surface area (Å²) >= 11 is 3.45. The van der Waals surface area contributed by atoms with E-state index in [2.05, 4.69) is 15.9 Å². The molecular weight excluding hydrogens is 302 g/mol. The van der Waals surface area contributed by atoms with Crippen LogP contribution in [-0.2, 0) is 6.54 Å². The monoisotopic (exact) mass is 317 g/mol. The predicted octanol–water partition coefficient (Wildman–Crippen LogP) is 4.03. The zero-order valence-electron chi connectivity index (χ0n) is 11.1. The van der Waals surface area contributed by atoms with Crippen LogP contribution >= 0.6 is 15.9 Å². The third kappa shape index (κ3) is 3.24. The first-order valence-electron chi connectivity index (χ1n) is 6.14. The molecule has 0 aliphatic carbocycles. The first-order chi connectivity index (χ1) is 9.09. The van der Waals surface area contributed by atoms with Crippen molar-refractivity contribution in [1.82, 2.24) is 4.90 Å². The highest BCUT2D eigenvalue weighted by atomic mass is 79.9. The first kappa shape index (κ1) is 13.8. The van der Waals surface area contributed by atoms with Crippen LogP contribution in [0.15, 0.2) is 53.0 Å². The quantitative estimate of drug-likeness (QED) is 0.837. The minimum Gasteiger partial charge on any atom is -0.337 e. The number of aryl methyl sites for hydroxylation is 1. The number of rotatable bonds is 3. The Hall–Kier alpha value is -1.61. The Morgan fingerprint density at radius 1 is 1.11 bits per heavy atom. The summed E-state index contributed by atoms with van der Waals surface area (Å²) in [7, 11) is 1.83. The number of carbonyl (C=O) groups is 1. The predicted molar refractivity (Wildman–Crippen MR) is 81.1 cm³/mol. The van der Waals surface area contributed by atoms with Crippen LogP contribution in [-0.4, -0.2) is 17.9 Å². The molecule has 0 spiro atoms. The lowest BCUT2D eigenvalue weighted by Gasteiger charge is -2.19. The van der Waals surface area contributed by atoms with Crippen molar-refractivity contribution in [2.24, 2.45) is 0 Å². The molecule has 0 aromatic heterocycles. The van der Waals surface area contributed by atoms with Crippen molar-refractivity contribution in [3.63, 3.8) is 0 Å². The Kier molecular flexibility index (Phi) is 4.38. The number of amides is 1. The molecule has 0 radical (unpaired) electrons. The van der Waals surface area contributed by atoms with Crippen LogP contribution in [0.5, 0.6) is 0 Å². The molecule has 0 fully saturated rings. The number of carbonyl (C=O) groups excluding carboxylic acids is 1. The van der Waals surface area contributed by atoms with Gasteiger partial charge in [0, 0.05) is 18.1 Å². The summed E-state index contributed by atoms with van der Waals surface area (Å²) in [5.74, 6) is 0.0360. The van der Waals surface area contributed by atoms with Gasteiger partial charge in [-0.15, -0.1) is 0 Å². The molecule has 0 N–H and O–H groups in total. The van der Waals surface area contributed by atoms with E-state index in [9.17, 15) is 4.79 Å². The maximum absolute atomic E-state index is 12.5. The number of nitrogens with zero attached hydrogens (tertiary/aromatic N) is 1. The molecular formula is C16H16BrNO. The Labute approximate surface area is 122 Å². The van der Waals surface area contributed by atoms with Gasteiger partial charge >= 0.3 is 0 Å². The molecule has 0 aliphatic heterocycles. The van der Waals surface area contributed by atoms with E-state index in [4.69, 9.17) is 0 Å². The van der Waals surface area contributed by atoms with Crippen molar-refractivity contribution >= 4 is 21.8 Å². The highest BCUT2D eigenvalue weighted by molar-refractivity contribution is 9.10. The molecule has 19 heavy (non-hydrogen) atoms. The normalized spacial score (nSPS) is 10.3.